The van der Waals surface area contributed by atoms with Gasteiger partial charge in [-0.15, -0.1) is 0 Å². The summed E-state index contributed by atoms with van der Waals surface area (Å²) >= 11 is 0. The zero-order chi connectivity index (χ0) is 9.52. The van der Waals surface area contributed by atoms with Crippen LogP contribution in [0.3, 0.4) is 0 Å². The maximum absolute atomic E-state index is 3.66. The maximum Gasteiger partial charge on any atom is 0.0186 e. The monoisotopic (exact) mass is 208 g/mol. The minimum Gasteiger partial charge on any atom is -0.0990 e. The third kappa shape index (κ3) is 4.25. The Labute approximate surface area is 87.5 Å². The molecule has 0 saturated carbocycles. The third-order valence-electron chi connectivity index (χ3n) is 1.37. The van der Waals surface area contributed by atoms with Crippen LogP contribution in [0.4, 0.5) is 0 Å². The van der Waals surface area contributed by atoms with Crippen LogP contribution in [-0.2, 0) is 0 Å². The van der Waals surface area contributed by atoms with Gasteiger partial charge in [0.1, 0.15) is 0 Å². The van der Waals surface area contributed by atoms with Crippen LogP contribution < -0.4 is 0 Å². The van der Waals surface area contributed by atoms with Crippen LogP contribution in [0.2, 0.25) is 0 Å². The SMILES string of the molecule is C=C/C=C(/C)SSc1ccccc1. The van der Waals surface area contributed by atoms with Crippen molar-refractivity contribution in [3.05, 3.63) is 54.0 Å². The van der Waals surface area contributed by atoms with Crippen molar-refractivity contribution in [2.24, 2.45) is 0 Å². The molecule has 0 spiro atoms. The van der Waals surface area contributed by atoms with Crippen LogP contribution in [0, 0.1) is 0 Å². The van der Waals surface area contributed by atoms with Gasteiger partial charge >= 0.3 is 0 Å². The predicted molar refractivity (Wildman–Crippen MR) is 63.8 cm³/mol. The average molecular weight is 208 g/mol. The van der Waals surface area contributed by atoms with Crippen molar-refractivity contribution in [3.63, 3.8) is 0 Å². The summed E-state index contributed by atoms with van der Waals surface area (Å²) in [4.78, 5) is 2.55. The first-order valence-electron chi connectivity index (χ1n) is 4.02. The maximum atomic E-state index is 3.66. The number of rotatable bonds is 4. The molecule has 13 heavy (non-hydrogen) atoms. The summed E-state index contributed by atoms with van der Waals surface area (Å²) in [5, 5.41) is 0. The van der Waals surface area contributed by atoms with Gasteiger partial charge < -0.3 is 0 Å². The molecule has 0 aromatic heterocycles. The fourth-order valence-electron chi connectivity index (χ4n) is 0.784. The van der Waals surface area contributed by atoms with Crippen molar-refractivity contribution in [2.45, 2.75) is 11.8 Å². The predicted octanol–water partition coefficient (Wildman–Crippen LogP) is 4.52. The van der Waals surface area contributed by atoms with Gasteiger partial charge in [0.25, 0.3) is 0 Å². The number of allylic oxidation sites excluding steroid dienone is 3. The highest BCUT2D eigenvalue weighted by Crippen LogP contribution is 2.35. The molecule has 2 heteroatoms. The van der Waals surface area contributed by atoms with Gasteiger partial charge in [-0.2, -0.15) is 0 Å². The highest BCUT2D eigenvalue weighted by molar-refractivity contribution is 8.78. The molecule has 0 atom stereocenters. The average Bonchev–Trinajstić information content (AvgIpc) is 2.17. The molecule has 0 aliphatic heterocycles. The van der Waals surface area contributed by atoms with Gasteiger partial charge in [0, 0.05) is 4.90 Å². The van der Waals surface area contributed by atoms with Crippen LogP contribution in [-0.4, -0.2) is 0 Å². The molecule has 0 aliphatic carbocycles. The van der Waals surface area contributed by atoms with Crippen molar-refractivity contribution < 1.29 is 0 Å². The molecule has 0 bridgehead atoms. The summed E-state index contributed by atoms with van der Waals surface area (Å²) in [5.74, 6) is 0. The van der Waals surface area contributed by atoms with Gasteiger partial charge in [0.15, 0.2) is 0 Å². The molecule has 68 valence electrons. The Morgan fingerprint density at radius 3 is 2.62 bits per heavy atom. The fraction of sp³-hybridized carbons (Fsp3) is 0.0909. The Bertz CT molecular complexity index is 288. The third-order valence-corrected chi connectivity index (χ3v) is 3.93. The smallest absolute Gasteiger partial charge is 0.0186 e. The Balaban J connectivity index is 2.44. The van der Waals surface area contributed by atoms with Gasteiger partial charge in [-0.25, -0.2) is 0 Å². The highest BCUT2D eigenvalue weighted by Gasteiger charge is 1.93. The van der Waals surface area contributed by atoms with E-state index in [9.17, 15) is 0 Å². The molecule has 0 fully saturated rings. The second-order valence-electron chi connectivity index (χ2n) is 2.49. The van der Waals surface area contributed by atoms with Crippen molar-refractivity contribution in [1.29, 1.82) is 0 Å². The molecule has 0 nitrogen and oxygen atoms in total. The van der Waals surface area contributed by atoms with Crippen LogP contribution >= 0.6 is 21.6 Å². The van der Waals surface area contributed by atoms with Crippen LogP contribution in [0.25, 0.3) is 0 Å². The van der Waals surface area contributed by atoms with E-state index in [1.165, 1.54) is 9.80 Å². The van der Waals surface area contributed by atoms with Gasteiger partial charge in [0.2, 0.25) is 0 Å². The number of benzene rings is 1. The summed E-state index contributed by atoms with van der Waals surface area (Å²) in [6.07, 6.45) is 3.83. The standard InChI is InChI=1S/C11H12S2/c1-3-7-10(2)12-13-11-8-5-4-6-9-11/h3-9H,1H2,2H3/b10-7-. The molecule has 0 unspecified atom stereocenters. The molecule has 0 amide bonds. The van der Waals surface area contributed by atoms with Gasteiger partial charge in [0.05, 0.1) is 0 Å². The van der Waals surface area contributed by atoms with Crippen molar-refractivity contribution in [1.82, 2.24) is 0 Å². The van der Waals surface area contributed by atoms with E-state index < -0.39 is 0 Å². The summed E-state index contributed by atoms with van der Waals surface area (Å²) in [6.45, 7) is 5.74. The lowest BCUT2D eigenvalue weighted by Crippen LogP contribution is -1.65. The Morgan fingerprint density at radius 2 is 2.00 bits per heavy atom. The zero-order valence-electron chi connectivity index (χ0n) is 7.57. The van der Waals surface area contributed by atoms with E-state index in [0.717, 1.165) is 0 Å². The topological polar surface area (TPSA) is 0 Å². The van der Waals surface area contributed by atoms with Gasteiger partial charge in [-0.1, -0.05) is 58.5 Å². The van der Waals surface area contributed by atoms with Gasteiger partial charge in [-0.05, 0) is 24.0 Å². The first kappa shape index (κ1) is 10.5. The number of hydrogen-bond donors (Lipinski definition) is 0. The number of hydrogen-bond acceptors (Lipinski definition) is 2. The quantitative estimate of drug-likeness (QED) is 0.527. The minimum atomic E-state index is 1.27. The van der Waals surface area contributed by atoms with Crippen molar-refractivity contribution >= 4 is 21.6 Å². The van der Waals surface area contributed by atoms with Crippen LogP contribution in [0.15, 0.2) is 58.9 Å². The van der Waals surface area contributed by atoms with E-state index in [1.54, 1.807) is 21.6 Å². The van der Waals surface area contributed by atoms with E-state index >= 15 is 0 Å². The van der Waals surface area contributed by atoms with Crippen LogP contribution in [0.5, 0.6) is 0 Å². The fourth-order valence-corrected chi connectivity index (χ4v) is 2.61. The second-order valence-corrected chi connectivity index (χ2v) is 4.94. The Hall–Kier alpha value is -0.600. The van der Waals surface area contributed by atoms with Crippen molar-refractivity contribution in [3.8, 4) is 0 Å². The van der Waals surface area contributed by atoms with E-state index in [0.29, 0.717) is 0 Å². The normalized spacial score (nSPS) is 11.3. The zero-order valence-corrected chi connectivity index (χ0v) is 9.20. The molecule has 1 aromatic carbocycles. The molecule has 1 aromatic rings. The summed E-state index contributed by atoms with van der Waals surface area (Å²) in [7, 11) is 3.53. The molecule has 0 heterocycles. The first-order chi connectivity index (χ1) is 6.33. The highest BCUT2D eigenvalue weighted by atomic mass is 33.1. The molecule has 0 N–H and O–H groups in total. The molecular weight excluding hydrogens is 196 g/mol. The van der Waals surface area contributed by atoms with Crippen molar-refractivity contribution in [2.75, 3.05) is 0 Å². The Kier molecular flexibility index (Phi) is 4.79. The lowest BCUT2D eigenvalue weighted by Gasteiger charge is -1.99. The van der Waals surface area contributed by atoms with Gasteiger partial charge in [-0.3, -0.25) is 0 Å². The van der Waals surface area contributed by atoms with E-state index in [2.05, 4.69) is 37.8 Å². The van der Waals surface area contributed by atoms with E-state index in [-0.39, 0.29) is 0 Å². The minimum absolute atomic E-state index is 1.27. The molecule has 0 aliphatic rings. The largest absolute Gasteiger partial charge is 0.0990 e. The van der Waals surface area contributed by atoms with E-state index in [1.807, 2.05) is 18.2 Å². The molecular formula is C11H12S2. The first-order valence-corrected chi connectivity index (χ1v) is 6.17. The Morgan fingerprint density at radius 1 is 1.31 bits per heavy atom. The summed E-state index contributed by atoms with van der Waals surface area (Å²) in [5.41, 5.74) is 0. The second kappa shape index (κ2) is 5.95. The molecule has 1 rings (SSSR count). The summed E-state index contributed by atoms with van der Waals surface area (Å²) < 4.78 is 0. The summed E-state index contributed by atoms with van der Waals surface area (Å²) in [6, 6.07) is 10.4. The van der Waals surface area contributed by atoms with E-state index in [4.69, 9.17) is 0 Å². The lowest BCUT2D eigenvalue weighted by molar-refractivity contribution is 1.48. The molecule has 0 saturated heterocycles. The molecule has 0 radical (unpaired) electrons. The lowest BCUT2D eigenvalue weighted by atomic mass is 10.4. The van der Waals surface area contributed by atoms with Crippen LogP contribution in [0.1, 0.15) is 6.92 Å².